The Balaban J connectivity index is 2.18. The van der Waals surface area contributed by atoms with Crippen LogP contribution in [0.3, 0.4) is 0 Å². The Hall–Kier alpha value is -0.200. The number of rotatable bonds is 2. The third kappa shape index (κ3) is 2.63. The first kappa shape index (κ1) is 13.2. The van der Waals surface area contributed by atoms with E-state index in [2.05, 4.69) is 31.9 Å². The van der Waals surface area contributed by atoms with Crippen molar-refractivity contribution in [1.82, 2.24) is 4.90 Å². The minimum Gasteiger partial charge on any atom is -0.278 e. The summed E-state index contributed by atoms with van der Waals surface area (Å²) >= 11 is 8.04. The maximum Gasteiger partial charge on any atom is 0.270 e. The molecule has 17 heavy (non-hydrogen) atoms. The van der Waals surface area contributed by atoms with Crippen LogP contribution >= 0.6 is 43.2 Å². The van der Waals surface area contributed by atoms with Crippen LogP contribution < -0.4 is 0 Å². The van der Waals surface area contributed by atoms with Gasteiger partial charge in [0.05, 0.1) is 8.66 Å². The van der Waals surface area contributed by atoms with E-state index < -0.39 is 0 Å². The van der Waals surface area contributed by atoms with E-state index in [0.29, 0.717) is 23.8 Å². The molecule has 1 atom stereocenters. The lowest BCUT2D eigenvalue weighted by Gasteiger charge is -2.12. The van der Waals surface area contributed by atoms with Crippen molar-refractivity contribution in [3.05, 3.63) is 19.2 Å². The van der Waals surface area contributed by atoms with E-state index >= 15 is 0 Å². The third-order valence-electron chi connectivity index (χ3n) is 2.88. The molecular weight excluding hydrogens is 370 g/mol. The summed E-state index contributed by atoms with van der Waals surface area (Å²) in [6, 6.07) is 1.75. The molecule has 0 N–H and O–H groups in total. The molecule has 1 unspecified atom stereocenters. The molecule has 1 aromatic rings. The predicted octanol–water partition coefficient (Wildman–Crippen LogP) is 3.67. The van der Waals surface area contributed by atoms with Gasteiger partial charge in [-0.1, -0.05) is 13.3 Å². The number of imide groups is 1. The molecule has 1 aliphatic rings. The van der Waals surface area contributed by atoms with Gasteiger partial charge in [-0.05, 0) is 43.8 Å². The number of amides is 2. The van der Waals surface area contributed by atoms with Gasteiger partial charge in [0.15, 0.2) is 0 Å². The van der Waals surface area contributed by atoms with Crippen molar-refractivity contribution >= 4 is 55.0 Å². The molecule has 0 aromatic carbocycles. The second kappa shape index (κ2) is 5.20. The summed E-state index contributed by atoms with van der Waals surface area (Å²) in [4.78, 5) is 25.9. The van der Waals surface area contributed by atoms with E-state index in [1.807, 2.05) is 6.92 Å². The fraction of sp³-hybridized carbons (Fsp3) is 0.455. The third-order valence-corrected chi connectivity index (χ3v) is 6.13. The van der Waals surface area contributed by atoms with Crippen molar-refractivity contribution in [2.75, 3.05) is 6.54 Å². The number of halogens is 2. The standard InChI is InChI=1S/C11H11Br2NO2S/c1-2-6-3-9(15)14(5-6)11(16)8-4-7(12)10(13)17-8/h4,6H,2-3,5H2,1H3. The van der Waals surface area contributed by atoms with Gasteiger partial charge in [-0.25, -0.2) is 0 Å². The molecule has 0 aliphatic carbocycles. The normalized spacial score (nSPS) is 20.1. The van der Waals surface area contributed by atoms with Gasteiger partial charge in [0.25, 0.3) is 5.91 Å². The smallest absolute Gasteiger partial charge is 0.270 e. The first-order chi connectivity index (χ1) is 8.02. The lowest BCUT2D eigenvalue weighted by atomic mass is 10.1. The highest BCUT2D eigenvalue weighted by atomic mass is 79.9. The van der Waals surface area contributed by atoms with Crippen LogP contribution in [0.2, 0.25) is 0 Å². The van der Waals surface area contributed by atoms with Gasteiger partial charge in [0.2, 0.25) is 5.91 Å². The number of likely N-dealkylation sites (tertiary alicyclic amines) is 1. The summed E-state index contributed by atoms with van der Waals surface area (Å²) in [6.07, 6.45) is 1.43. The highest BCUT2D eigenvalue weighted by Gasteiger charge is 2.34. The molecular formula is C11H11Br2NO2S. The van der Waals surface area contributed by atoms with Crippen LogP contribution in [0.5, 0.6) is 0 Å². The van der Waals surface area contributed by atoms with Gasteiger partial charge in [-0.15, -0.1) is 11.3 Å². The second-order valence-corrected chi connectivity index (χ2v) is 7.24. The summed E-state index contributed by atoms with van der Waals surface area (Å²) in [5.41, 5.74) is 0. The first-order valence-electron chi connectivity index (χ1n) is 5.32. The van der Waals surface area contributed by atoms with Crippen LogP contribution in [0, 0.1) is 5.92 Å². The maximum atomic E-state index is 12.2. The molecule has 0 bridgehead atoms. The zero-order valence-corrected chi connectivity index (χ0v) is 13.2. The summed E-state index contributed by atoms with van der Waals surface area (Å²) in [7, 11) is 0. The quantitative estimate of drug-likeness (QED) is 0.734. The zero-order chi connectivity index (χ0) is 12.6. The van der Waals surface area contributed by atoms with Gasteiger partial charge in [-0.3, -0.25) is 14.5 Å². The average molecular weight is 381 g/mol. The lowest BCUT2D eigenvalue weighted by molar-refractivity contribution is -0.125. The van der Waals surface area contributed by atoms with E-state index in [9.17, 15) is 9.59 Å². The van der Waals surface area contributed by atoms with Crippen LogP contribution in [0.15, 0.2) is 14.3 Å². The monoisotopic (exact) mass is 379 g/mol. The number of thiophene rings is 1. The number of carbonyl (C=O) groups is 2. The largest absolute Gasteiger partial charge is 0.278 e. The fourth-order valence-electron chi connectivity index (χ4n) is 1.84. The second-order valence-electron chi connectivity index (χ2n) is 4.02. The summed E-state index contributed by atoms with van der Waals surface area (Å²) in [5, 5.41) is 0. The van der Waals surface area contributed by atoms with Gasteiger partial charge < -0.3 is 0 Å². The van der Waals surface area contributed by atoms with Crippen LogP contribution in [-0.2, 0) is 4.79 Å². The Morgan fingerprint density at radius 2 is 2.29 bits per heavy atom. The highest BCUT2D eigenvalue weighted by molar-refractivity contribution is 9.13. The fourth-order valence-corrected chi connectivity index (χ4v) is 3.82. The van der Waals surface area contributed by atoms with Crippen molar-refractivity contribution in [3.63, 3.8) is 0 Å². The summed E-state index contributed by atoms with van der Waals surface area (Å²) in [5.74, 6) is 0.0862. The van der Waals surface area contributed by atoms with E-state index in [0.717, 1.165) is 14.7 Å². The van der Waals surface area contributed by atoms with Gasteiger partial charge in [-0.2, -0.15) is 0 Å². The van der Waals surface area contributed by atoms with Gasteiger partial charge >= 0.3 is 0 Å². The van der Waals surface area contributed by atoms with Crippen molar-refractivity contribution in [3.8, 4) is 0 Å². The van der Waals surface area contributed by atoms with Crippen molar-refractivity contribution in [2.24, 2.45) is 5.92 Å². The molecule has 0 spiro atoms. The topological polar surface area (TPSA) is 37.4 Å². The molecule has 0 radical (unpaired) electrons. The minimum absolute atomic E-state index is 0.0532. The van der Waals surface area contributed by atoms with Crippen LogP contribution in [0.1, 0.15) is 29.4 Å². The van der Waals surface area contributed by atoms with Crippen molar-refractivity contribution in [2.45, 2.75) is 19.8 Å². The predicted molar refractivity (Wildman–Crippen MR) is 74.2 cm³/mol. The zero-order valence-electron chi connectivity index (χ0n) is 9.20. The Kier molecular flexibility index (Phi) is 4.05. The van der Waals surface area contributed by atoms with Crippen LogP contribution in [-0.4, -0.2) is 23.3 Å². The number of nitrogens with zero attached hydrogens (tertiary/aromatic N) is 1. The number of hydrogen-bond acceptors (Lipinski definition) is 3. The van der Waals surface area contributed by atoms with E-state index in [1.54, 1.807) is 6.07 Å². The Labute approximate surface area is 120 Å². The van der Waals surface area contributed by atoms with Crippen molar-refractivity contribution in [1.29, 1.82) is 0 Å². The SMILES string of the molecule is CCC1CC(=O)N(C(=O)c2cc(Br)c(Br)s2)C1. The Morgan fingerprint density at radius 1 is 1.59 bits per heavy atom. The molecule has 1 saturated heterocycles. The van der Waals surface area contributed by atoms with Gasteiger partial charge in [0.1, 0.15) is 0 Å². The van der Waals surface area contributed by atoms with Crippen LogP contribution in [0.4, 0.5) is 0 Å². The molecule has 1 aliphatic heterocycles. The average Bonchev–Trinajstić information content (AvgIpc) is 2.82. The lowest BCUT2D eigenvalue weighted by Crippen LogP contribution is -2.31. The van der Waals surface area contributed by atoms with E-state index in [4.69, 9.17) is 0 Å². The molecule has 1 aromatic heterocycles. The molecule has 0 saturated carbocycles. The highest BCUT2D eigenvalue weighted by Crippen LogP contribution is 2.34. The molecule has 2 heterocycles. The van der Waals surface area contributed by atoms with E-state index in [-0.39, 0.29) is 11.8 Å². The first-order valence-corrected chi connectivity index (χ1v) is 7.72. The van der Waals surface area contributed by atoms with Gasteiger partial charge in [0, 0.05) is 17.4 Å². The molecule has 2 rings (SSSR count). The molecule has 92 valence electrons. The molecule has 3 nitrogen and oxygen atoms in total. The summed E-state index contributed by atoms with van der Waals surface area (Å²) in [6.45, 7) is 2.60. The number of carbonyl (C=O) groups excluding carboxylic acids is 2. The minimum atomic E-state index is -0.178. The molecule has 6 heteroatoms. The van der Waals surface area contributed by atoms with E-state index in [1.165, 1.54) is 16.2 Å². The Bertz CT molecular complexity index is 453. The molecule has 2 amide bonds. The van der Waals surface area contributed by atoms with Crippen molar-refractivity contribution < 1.29 is 9.59 Å². The Morgan fingerprint density at radius 3 is 2.76 bits per heavy atom. The number of hydrogen-bond donors (Lipinski definition) is 0. The molecule has 1 fully saturated rings. The van der Waals surface area contributed by atoms with Crippen LogP contribution in [0.25, 0.3) is 0 Å². The maximum absolute atomic E-state index is 12.2. The summed E-state index contributed by atoms with van der Waals surface area (Å²) < 4.78 is 1.73.